The number of amides is 1. The first-order valence-electron chi connectivity index (χ1n) is 4.18. The third-order valence-corrected chi connectivity index (χ3v) is 2.60. The van der Waals surface area contributed by atoms with E-state index in [4.69, 9.17) is 11.5 Å². The molecular formula is C8H16N2O. The summed E-state index contributed by atoms with van der Waals surface area (Å²) in [5.41, 5.74) is 11.0. The summed E-state index contributed by atoms with van der Waals surface area (Å²) in [7, 11) is 0. The molecule has 0 aromatic rings. The first kappa shape index (κ1) is 8.53. The van der Waals surface area contributed by atoms with Gasteiger partial charge in [0.15, 0.2) is 0 Å². The topological polar surface area (TPSA) is 69.1 Å². The van der Waals surface area contributed by atoms with E-state index in [9.17, 15) is 4.79 Å². The second kappa shape index (κ2) is 3.22. The number of primary amides is 1. The van der Waals surface area contributed by atoms with Crippen LogP contribution in [0.15, 0.2) is 0 Å². The molecule has 1 aliphatic carbocycles. The van der Waals surface area contributed by atoms with Gasteiger partial charge in [-0.3, -0.25) is 4.79 Å². The number of hydrogen-bond donors (Lipinski definition) is 2. The number of hydrogen-bond acceptors (Lipinski definition) is 2. The minimum atomic E-state index is -0.232. The molecule has 0 saturated heterocycles. The molecule has 3 unspecified atom stereocenters. The van der Waals surface area contributed by atoms with Crippen LogP contribution in [0, 0.1) is 11.8 Å². The van der Waals surface area contributed by atoms with Crippen LogP contribution in [0.3, 0.4) is 0 Å². The summed E-state index contributed by atoms with van der Waals surface area (Å²) in [5.74, 6) is 0.0460. The molecule has 0 spiro atoms. The summed E-state index contributed by atoms with van der Waals surface area (Å²) in [6.07, 6.45) is 3.16. The van der Waals surface area contributed by atoms with Crippen molar-refractivity contribution >= 4 is 5.91 Å². The van der Waals surface area contributed by atoms with Gasteiger partial charge in [-0.15, -0.1) is 0 Å². The molecule has 1 fully saturated rings. The smallest absolute Gasteiger partial charge is 0.222 e. The summed E-state index contributed by atoms with van der Waals surface area (Å²) in [6.45, 7) is 2.05. The zero-order chi connectivity index (χ0) is 8.43. The van der Waals surface area contributed by atoms with Crippen LogP contribution in [0.5, 0.6) is 0 Å². The number of nitrogens with two attached hydrogens (primary N) is 2. The fourth-order valence-corrected chi connectivity index (χ4v) is 1.95. The molecule has 0 aromatic carbocycles. The fraction of sp³-hybridized carbons (Fsp3) is 0.875. The summed E-state index contributed by atoms with van der Waals surface area (Å²) in [4.78, 5) is 10.9. The minimum Gasteiger partial charge on any atom is -0.369 e. The van der Waals surface area contributed by atoms with E-state index in [-0.39, 0.29) is 17.9 Å². The van der Waals surface area contributed by atoms with Gasteiger partial charge in [0.05, 0.1) is 5.92 Å². The second-order valence-electron chi connectivity index (χ2n) is 3.50. The third-order valence-electron chi connectivity index (χ3n) is 2.60. The van der Waals surface area contributed by atoms with E-state index in [0.717, 1.165) is 19.3 Å². The van der Waals surface area contributed by atoms with E-state index in [1.807, 2.05) is 0 Å². The summed E-state index contributed by atoms with van der Waals surface area (Å²) < 4.78 is 0. The molecule has 1 amide bonds. The number of carbonyl (C=O) groups excluding carboxylic acids is 1. The zero-order valence-corrected chi connectivity index (χ0v) is 6.92. The summed E-state index contributed by atoms with van der Waals surface area (Å²) >= 11 is 0. The highest BCUT2D eigenvalue weighted by molar-refractivity contribution is 5.77. The van der Waals surface area contributed by atoms with E-state index >= 15 is 0 Å². The Bertz CT molecular complexity index is 148. The molecule has 1 rings (SSSR count). The second-order valence-corrected chi connectivity index (χ2v) is 3.50. The van der Waals surface area contributed by atoms with Gasteiger partial charge in [-0.2, -0.15) is 0 Å². The van der Waals surface area contributed by atoms with Crippen molar-refractivity contribution in [3.8, 4) is 0 Å². The number of rotatable bonds is 1. The summed E-state index contributed by atoms with van der Waals surface area (Å²) in [5, 5.41) is 0. The van der Waals surface area contributed by atoms with Crippen molar-refractivity contribution in [3.05, 3.63) is 0 Å². The Labute approximate surface area is 67.1 Å². The maximum absolute atomic E-state index is 10.9. The molecule has 1 aliphatic rings. The molecular weight excluding hydrogens is 140 g/mol. The first-order chi connectivity index (χ1) is 5.13. The molecule has 0 aliphatic heterocycles. The van der Waals surface area contributed by atoms with Crippen LogP contribution < -0.4 is 11.5 Å². The molecule has 64 valence electrons. The van der Waals surface area contributed by atoms with Gasteiger partial charge in [-0.05, 0) is 18.8 Å². The Morgan fingerprint density at radius 1 is 1.45 bits per heavy atom. The van der Waals surface area contributed by atoms with Crippen LogP contribution in [0.1, 0.15) is 26.2 Å². The lowest BCUT2D eigenvalue weighted by molar-refractivity contribution is -0.124. The van der Waals surface area contributed by atoms with Crippen LogP contribution in [-0.4, -0.2) is 11.9 Å². The molecule has 11 heavy (non-hydrogen) atoms. The van der Waals surface area contributed by atoms with Crippen LogP contribution >= 0.6 is 0 Å². The molecule has 0 radical (unpaired) electrons. The van der Waals surface area contributed by atoms with Gasteiger partial charge in [0.1, 0.15) is 0 Å². The molecule has 3 atom stereocenters. The zero-order valence-electron chi connectivity index (χ0n) is 6.92. The standard InChI is InChI=1S/C8H16N2O/c1-5-3-2-4-6(9)7(5)8(10)11/h5-7H,2-4,9H2,1H3,(H2,10,11). The van der Waals surface area contributed by atoms with E-state index < -0.39 is 0 Å². The van der Waals surface area contributed by atoms with Gasteiger partial charge in [-0.25, -0.2) is 0 Å². The van der Waals surface area contributed by atoms with Crippen molar-refractivity contribution in [2.75, 3.05) is 0 Å². The normalized spacial score (nSPS) is 38.5. The van der Waals surface area contributed by atoms with E-state index in [2.05, 4.69) is 6.92 Å². The highest BCUT2D eigenvalue weighted by Crippen LogP contribution is 2.28. The average molecular weight is 156 g/mol. The van der Waals surface area contributed by atoms with Crippen LogP contribution in [-0.2, 0) is 4.79 Å². The molecule has 0 bridgehead atoms. The van der Waals surface area contributed by atoms with Gasteiger partial charge in [0.25, 0.3) is 0 Å². The molecule has 1 saturated carbocycles. The predicted octanol–water partition coefficient (Wildman–Crippen LogP) is 0.235. The van der Waals surface area contributed by atoms with Crippen LogP contribution in [0.4, 0.5) is 0 Å². The van der Waals surface area contributed by atoms with E-state index in [0.29, 0.717) is 5.92 Å². The Kier molecular flexibility index (Phi) is 2.49. The lowest BCUT2D eigenvalue weighted by Crippen LogP contribution is -2.45. The molecule has 0 heterocycles. The highest BCUT2D eigenvalue weighted by atomic mass is 16.1. The van der Waals surface area contributed by atoms with Gasteiger partial charge in [-0.1, -0.05) is 13.3 Å². The lowest BCUT2D eigenvalue weighted by atomic mass is 9.77. The predicted molar refractivity (Wildman–Crippen MR) is 43.7 cm³/mol. The largest absolute Gasteiger partial charge is 0.369 e. The summed E-state index contributed by atoms with van der Waals surface area (Å²) in [6, 6.07) is -0.00347. The van der Waals surface area contributed by atoms with Crippen molar-refractivity contribution in [3.63, 3.8) is 0 Å². The fourth-order valence-electron chi connectivity index (χ4n) is 1.95. The number of carbonyl (C=O) groups is 1. The van der Waals surface area contributed by atoms with E-state index in [1.54, 1.807) is 0 Å². The van der Waals surface area contributed by atoms with Crippen molar-refractivity contribution in [2.45, 2.75) is 32.2 Å². The Balaban J connectivity index is 2.62. The minimum absolute atomic E-state index is 0.00347. The highest BCUT2D eigenvalue weighted by Gasteiger charge is 2.32. The molecule has 3 nitrogen and oxygen atoms in total. The molecule has 4 N–H and O–H groups in total. The maximum atomic E-state index is 10.9. The monoisotopic (exact) mass is 156 g/mol. The van der Waals surface area contributed by atoms with Crippen molar-refractivity contribution < 1.29 is 4.79 Å². The van der Waals surface area contributed by atoms with E-state index in [1.165, 1.54) is 0 Å². The maximum Gasteiger partial charge on any atom is 0.222 e. The SMILES string of the molecule is CC1CCCC(N)C1C(N)=O. The quantitative estimate of drug-likeness (QED) is 0.570. The van der Waals surface area contributed by atoms with Gasteiger partial charge in [0.2, 0.25) is 5.91 Å². The molecule has 3 heteroatoms. The van der Waals surface area contributed by atoms with Gasteiger partial charge < -0.3 is 11.5 Å². The van der Waals surface area contributed by atoms with Gasteiger partial charge >= 0.3 is 0 Å². The first-order valence-corrected chi connectivity index (χ1v) is 4.18. The van der Waals surface area contributed by atoms with Crippen molar-refractivity contribution in [2.24, 2.45) is 23.3 Å². The Morgan fingerprint density at radius 3 is 2.45 bits per heavy atom. The Morgan fingerprint density at radius 2 is 2.09 bits per heavy atom. The molecule has 0 aromatic heterocycles. The third kappa shape index (κ3) is 1.71. The van der Waals surface area contributed by atoms with Crippen molar-refractivity contribution in [1.82, 2.24) is 0 Å². The average Bonchev–Trinajstić information content (AvgIpc) is 1.85. The van der Waals surface area contributed by atoms with Crippen molar-refractivity contribution in [1.29, 1.82) is 0 Å². The van der Waals surface area contributed by atoms with Crippen LogP contribution in [0.25, 0.3) is 0 Å². The Hall–Kier alpha value is -0.570. The van der Waals surface area contributed by atoms with Gasteiger partial charge in [0, 0.05) is 6.04 Å². The lowest BCUT2D eigenvalue weighted by Gasteiger charge is -2.31. The van der Waals surface area contributed by atoms with Crippen LogP contribution in [0.2, 0.25) is 0 Å².